The third-order valence-corrected chi connectivity index (χ3v) is 8.52. The summed E-state index contributed by atoms with van der Waals surface area (Å²) in [5, 5.41) is 91.1. The summed E-state index contributed by atoms with van der Waals surface area (Å²) in [4.78, 5) is 0. The van der Waals surface area contributed by atoms with Gasteiger partial charge >= 0.3 is 0 Å². The Balaban J connectivity index is 1.69. The van der Waals surface area contributed by atoms with E-state index in [1.165, 1.54) is 0 Å². The number of para-hydroxylation sites is 1. The summed E-state index contributed by atoms with van der Waals surface area (Å²) in [6, 6.07) is 24.7. The van der Waals surface area contributed by atoms with Crippen LogP contribution in [0, 0.1) is 0 Å². The molecule has 0 spiro atoms. The number of furan rings is 1. The first kappa shape index (κ1) is 26.2. The number of fused-ring (bicyclic) bond motifs is 6. The molecule has 0 radical (unpaired) electrons. The summed E-state index contributed by atoms with van der Waals surface area (Å²) >= 11 is 0. The van der Waals surface area contributed by atoms with Crippen LogP contribution in [0.25, 0.3) is 76.5 Å². The number of phenolic OH excluding ortho intramolecular Hbond substituents is 8. The van der Waals surface area contributed by atoms with Crippen molar-refractivity contribution < 1.29 is 45.3 Å². The standard InChI is InChI=1S/C36H22O9/c37-29-25-23(16-12-13-22-20(14-16)18-9-3-4-11-21(18)45-22)26-28(32(40)36(44)34(42)30(26)38)24(27(25)31(39)35(43)33(29)41)19-10-5-7-15-6-1-2-8-17(15)19/h1-14,37-44H. The Morgan fingerprint density at radius 2 is 0.867 bits per heavy atom. The highest BCUT2D eigenvalue weighted by atomic mass is 16.4. The molecule has 220 valence electrons. The van der Waals surface area contributed by atoms with E-state index < -0.39 is 46.0 Å². The number of benzene rings is 7. The van der Waals surface area contributed by atoms with E-state index in [0.717, 1.165) is 10.8 Å². The maximum Gasteiger partial charge on any atom is 0.204 e. The zero-order valence-corrected chi connectivity index (χ0v) is 23.1. The monoisotopic (exact) mass is 598 g/mol. The zero-order valence-electron chi connectivity index (χ0n) is 23.1. The highest BCUT2D eigenvalue weighted by molar-refractivity contribution is 6.30. The lowest BCUT2D eigenvalue weighted by molar-refractivity contribution is 0.350. The van der Waals surface area contributed by atoms with E-state index in [-0.39, 0.29) is 32.7 Å². The smallest absolute Gasteiger partial charge is 0.204 e. The van der Waals surface area contributed by atoms with Crippen LogP contribution >= 0.6 is 0 Å². The van der Waals surface area contributed by atoms with Crippen LogP contribution < -0.4 is 0 Å². The second-order valence-electron chi connectivity index (χ2n) is 10.9. The Hall–Kier alpha value is -6.48. The Morgan fingerprint density at radius 3 is 1.49 bits per heavy atom. The van der Waals surface area contributed by atoms with Crippen LogP contribution in [0.4, 0.5) is 0 Å². The molecule has 0 aliphatic carbocycles. The molecule has 9 heteroatoms. The van der Waals surface area contributed by atoms with E-state index in [0.29, 0.717) is 33.1 Å². The summed E-state index contributed by atoms with van der Waals surface area (Å²) in [6.07, 6.45) is 0. The number of rotatable bonds is 2. The van der Waals surface area contributed by atoms with Crippen molar-refractivity contribution >= 4 is 54.3 Å². The van der Waals surface area contributed by atoms with Gasteiger partial charge in [-0.05, 0) is 40.1 Å². The Kier molecular flexibility index (Phi) is 5.24. The van der Waals surface area contributed by atoms with Gasteiger partial charge in [-0.25, -0.2) is 0 Å². The van der Waals surface area contributed by atoms with E-state index >= 15 is 0 Å². The molecule has 0 aliphatic rings. The molecule has 8 aromatic rings. The van der Waals surface area contributed by atoms with Crippen molar-refractivity contribution in [2.24, 2.45) is 0 Å². The average molecular weight is 599 g/mol. The molecule has 0 atom stereocenters. The van der Waals surface area contributed by atoms with Gasteiger partial charge in [0, 0.05) is 43.4 Å². The summed E-state index contributed by atoms with van der Waals surface area (Å²) in [7, 11) is 0. The lowest BCUT2D eigenvalue weighted by Crippen LogP contribution is -1.95. The molecule has 7 aromatic carbocycles. The average Bonchev–Trinajstić information content (AvgIpc) is 3.44. The van der Waals surface area contributed by atoms with E-state index in [1.54, 1.807) is 48.5 Å². The molecular formula is C36H22O9. The van der Waals surface area contributed by atoms with Gasteiger partial charge in [-0.3, -0.25) is 0 Å². The number of aromatic hydroxyl groups is 8. The fourth-order valence-corrected chi connectivity index (χ4v) is 6.50. The first-order valence-corrected chi connectivity index (χ1v) is 13.8. The third kappa shape index (κ3) is 3.37. The second-order valence-corrected chi connectivity index (χ2v) is 10.9. The van der Waals surface area contributed by atoms with Gasteiger partial charge in [0.2, 0.25) is 23.0 Å². The number of phenols is 8. The normalized spacial score (nSPS) is 11.8. The van der Waals surface area contributed by atoms with Crippen LogP contribution in [0.1, 0.15) is 0 Å². The SMILES string of the molecule is Oc1c(O)c(O)c2c(-c3cccc4ccccc34)c3c(O)c(O)c(O)c(O)c3c(-c3ccc4oc5ccccc5c4c3)c2c1O. The molecule has 0 saturated heterocycles. The molecule has 45 heavy (non-hydrogen) atoms. The summed E-state index contributed by atoms with van der Waals surface area (Å²) in [5.74, 6) is -7.40. The fourth-order valence-electron chi connectivity index (χ4n) is 6.50. The molecule has 0 amide bonds. The number of hydrogen-bond acceptors (Lipinski definition) is 9. The van der Waals surface area contributed by atoms with E-state index in [4.69, 9.17) is 4.42 Å². The van der Waals surface area contributed by atoms with E-state index in [2.05, 4.69) is 0 Å². The molecule has 1 aromatic heterocycles. The fraction of sp³-hybridized carbons (Fsp3) is 0. The van der Waals surface area contributed by atoms with Crippen LogP contribution in [0.2, 0.25) is 0 Å². The van der Waals surface area contributed by atoms with Crippen molar-refractivity contribution in [2.75, 3.05) is 0 Å². The van der Waals surface area contributed by atoms with Crippen LogP contribution in [-0.2, 0) is 0 Å². The summed E-state index contributed by atoms with van der Waals surface area (Å²) in [6.45, 7) is 0. The molecule has 0 unspecified atom stereocenters. The van der Waals surface area contributed by atoms with Gasteiger partial charge in [0.15, 0.2) is 23.0 Å². The Bertz CT molecular complexity index is 2490. The van der Waals surface area contributed by atoms with Crippen molar-refractivity contribution in [3.63, 3.8) is 0 Å². The topological polar surface area (TPSA) is 175 Å². The first-order valence-electron chi connectivity index (χ1n) is 13.8. The lowest BCUT2D eigenvalue weighted by atomic mass is 9.82. The van der Waals surface area contributed by atoms with Gasteiger partial charge < -0.3 is 45.3 Å². The summed E-state index contributed by atoms with van der Waals surface area (Å²) in [5.41, 5.74) is 1.81. The molecule has 1 heterocycles. The van der Waals surface area contributed by atoms with Crippen molar-refractivity contribution in [1.29, 1.82) is 0 Å². The highest BCUT2D eigenvalue weighted by Gasteiger charge is 2.32. The minimum Gasteiger partial charge on any atom is -0.504 e. The molecule has 8 N–H and O–H groups in total. The summed E-state index contributed by atoms with van der Waals surface area (Å²) < 4.78 is 5.97. The van der Waals surface area contributed by atoms with Crippen molar-refractivity contribution in [3.05, 3.63) is 84.9 Å². The first-order chi connectivity index (χ1) is 21.7. The highest BCUT2D eigenvalue weighted by Crippen LogP contribution is 2.62. The molecule has 0 fully saturated rings. The molecule has 0 bridgehead atoms. The predicted octanol–water partition coefficient (Wildman–Crippen LogP) is 8.02. The van der Waals surface area contributed by atoms with E-state index in [1.807, 2.05) is 36.4 Å². The largest absolute Gasteiger partial charge is 0.504 e. The maximum absolute atomic E-state index is 11.5. The predicted molar refractivity (Wildman–Crippen MR) is 170 cm³/mol. The Morgan fingerprint density at radius 1 is 0.378 bits per heavy atom. The molecular weight excluding hydrogens is 576 g/mol. The van der Waals surface area contributed by atoms with Gasteiger partial charge in [0.05, 0.1) is 0 Å². The van der Waals surface area contributed by atoms with Gasteiger partial charge in [0.25, 0.3) is 0 Å². The molecule has 0 aliphatic heterocycles. The lowest BCUT2D eigenvalue weighted by Gasteiger charge is -2.23. The van der Waals surface area contributed by atoms with Crippen molar-refractivity contribution in [2.45, 2.75) is 0 Å². The second kappa shape index (κ2) is 9.01. The van der Waals surface area contributed by atoms with Gasteiger partial charge in [-0.15, -0.1) is 0 Å². The van der Waals surface area contributed by atoms with E-state index in [9.17, 15) is 40.9 Å². The molecule has 9 nitrogen and oxygen atoms in total. The zero-order chi connectivity index (χ0) is 31.3. The number of hydrogen-bond donors (Lipinski definition) is 8. The minimum absolute atomic E-state index is 0.00147. The molecule has 8 rings (SSSR count). The minimum atomic E-state index is -1.02. The van der Waals surface area contributed by atoms with Crippen molar-refractivity contribution in [3.8, 4) is 68.2 Å². The van der Waals surface area contributed by atoms with Gasteiger partial charge in [0.1, 0.15) is 11.2 Å². The van der Waals surface area contributed by atoms with Crippen LogP contribution in [0.3, 0.4) is 0 Å². The van der Waals surface area contributed by atoms with Crippen LogP contribution in [0.5, 0.6) is 46.0 Å². The Labute approximate surface area is 252 Å². The third-order valence-electron chi connectivity index (χ3n) is 8.52. The van der Waals surface area contributed by atoms with Crippen molar-refractivity contribution in [1.82, 2.24) is 0 Å². The quantitative estimate of drug-likeness (QED) is 0.0556. The molecule has 0 saturated carbocycles. The van der Waals surface area contributed by atoms with Crippen LogP contribution in [-0.4, -0.2) is 40.9 Å². The van der Waals surface area contributed by atoms with Crippen LogP contribution in [0.15, 0.2) is 89.3 Å². The van der Waals surface area contributed by atoms with Gasteiger partial charge in [-0.2, -0.15) is 0 Å². The van der Waals surface area contributed by atoms with Gasteiger partial charge in [-0.1, -0.05) is 66.7 Å². The maximum atomic E-state index is 11.5.